The van der Waals surface area contributed by atoms with Crippen molar-refractivity contribution in [2.45, 2.75) is 52.7 Å². The Kier molecular flexibility index (Phi) is 4.41. The number of aromatic nitrogens is 1. The summed E-state index contributed by atoms with van der Waals surface area (Å²) in [7, 11) is 0. The molecule has 2 atom stereocenters. The molecule has 2 unspecified atom stereocenters. The molecule has 102 valence electrons. The van der Waals surface area contributed by atoms with Gasteiger partial charge in [0, 0.05) is 35.7 Å². The third-order valence-corrected chi connectivity index (χ3v) is 4.80. The Morgan fingerprint density at radius 3 is 2.89 bits per heavy atom. The van der Waals surface area contributed by atoms with Gasteiger partial charge in [0.25, 0.3) is 0 Å². The lowest BCUT2D eigenvalue weighted by molar-refractivity contribution is 0.0624. The number of nitrogens with one attached hydrogen (secondary N) is 1. The Morgan fingerprint density at radius 2 is 2.39 bits per heavy atom. The van der Waals surface area contributed by atoms with Crippen LogP contribution in [-0.4, -0.2) is 30.3 Å². The van der Waals surface area contributed by atoms with Gasteiger partial charge in [-0.3, -0.25) is 0 Å². The first-order valence-corrected chi connectivity index (χ1v) is 7.60. The third kappa shape index (κ3) is 3.11. The van der Waals surface area contributed by atoms with Crippen LogP contribution in [0.4, 0.5) is 0 Å². The smallest absolute Gasteiger partial charge is 0.0896 e. The van der Waals surface area contributed by atoms with E-state index in [1.54, 1.807) is 0 Å². The molecule has 1 aromatic rings. The predicted molar refractivity (Wildman–Crippen MR) is 76.2 cm³/mol. The first-order valence-electron chi connectivity index (χ1n) is 6.78. The monoisotopic (exact) mass is 268 g/mol. The second kappa shape index (κ2) is 5.68. The van der Waals surface area contributed by atoms with E-state index in [-0.39, 0.29) is 5.41 Å². The summed E-state index contributed by atoms with van der Waals surface area (Å²) in [5.41, 5.74) is 0.239. The Balaban J connectivity index is 2.09. The van der Waals surface area contributed by atoms with Gasteiger partial charge in [-0.05, 0) is 26.7 Å². The van der Waals surface area contributed by atoms with Crippen LogP contribution in [0.3, 0.4) is 0 Å². The van der Waals surface area contributed by atoms with Crippen molar-refractivity contribution < 1.29 is 4.74 Å². The lowest BCUT2D eigenvalue weighted by Gasteiger charge is -2.33. The number of ether oxygens (including phenoxy) is 1. The molecule has 0 radical (unpaired) electrons. The van der Waals surface area contributed by atoms with Crippen LogP contribution in [0.1, 0.15) is 37.1 Å². The molecule has 0 aromatic carbocycles. The lowest BCUT2D eigenvalue weighted by atomic mass is 9.78. The first kappa shape index (κ1) is 14.0. The van der Waals surface area contributed by atoms with Crippen LogP contribution in [0.5, 0.6) is 0 Å². The van der Waals surface area contributed by atoms with Gasteiger partial charge in [0.05, 0.1) is 11.1 Å². The summed E-state index contributed by atoms with van der Waals surface area (Å²) in [6.07, 6.45) is 4.58. The van der Waals surface area contributed by atoms with E-state index in [9.17, 15) is 0 Å². The predicted octanol–water partition coefficient (Wildman–Crippen LogP) is 2.79. The van der Waals surface area contributed by atoms with Gasteiger partial charge < -0.3 is 10.1 Å². The van der Waals surface area contributed by atoms with Crippen LogP contribution in [0.2, 0.25) is 0 Å². The van der Waals surface area contributed by atoms with Crippen molar-refractivity contribution in [1.82, 2.24) is 10.3 Å². The van der Waals surface area contributed by atoms with Gasteiger partial charge >= 0.3 is 0 Å². The molecule has 1 fully saturated rings. The maximum absolute atomic E-state index is 5.82. The minimum atomic E-state index is 0.239. The lowest BCUT2D eigenvalue weighted by Crippen LogP contribution is -2.43. The molecule has 0 aliphatic carbocycles. The molecule has 2 heterocycles. The summed E-state index contributed by atoms with van der Waals surface area (Å²) >= 11 is 1.81. The Hall–Kier alpha value is -0.450. The molecule has 1 N–H and O–H groups in total. The topological polar surface area (TPSA) is 34.2 Å². The first-order chi connectivity index (χ1) is 8.52. The van der Waals surface area contributed by atoms with Crippen LogP contribution in [0.25, 0.3) is 0 Å². The Labute approximate surface area is 114 Å². The van der Waals surface area contributed by atoms with Crippen molar-refractivity contribution in [1.29, 1.82) is 0 Å². The zero-order valence-corrected chi connectivity index (χ0v) is 12.6. The normalized spacial score (nSPS) is 28.2. The maximum atomic E-state index is 5.82. The zero-order valence-electron chi connectivity index (χ0n) is 11.8. The number of thiazole rings is 1. The van der Waals surface area contributed by atoms with Gasteiger partial charge in [0.1, 0.15) is 0 Å². The second-order valence-electron chi connectivity index (χ2n) is 5.68. The third-order valence-electron chi connectivity index (χ3n) is 3.89. The number of rotatable bonds is 5. The summed E-state index contributed by atoms with van der Waals surface area (Å²) in [6.45, 7) is 10.6. The quantitative estimate of drug-likeness (QED) is 0.891. The summed E-state index contributed by atoms with van der Waals surface area (Å²) in [4.78, 5) is 5.75. The van der Waals surface area contributed by atoms with Gasteiger partial charge in [-0.25, -0.2) is 4.98 Å². The highest BCUT2D eigenvalue weighted by Crippen LogP contribution is 2.38. The van der Waals surface area contributed by atoms with E-state index in [2.05, 4.69) is 38.0 Å². The average Bonchev–Trinajstić information content (AvgIpc) is 2.85. The molecular formula is C14H24N2OS. The number of aryl methyl sites for hydroxylation is 1. The molecule has 1 aliphatic heterocycles. The SMILES string of the molecule is Cc1ncc(CC2(CNC(C)C)CCOC2C)s1. The molecular weight excluding hydrogens is 244 g/mol. The zero-order chi connectivity index (χ0) is 13.2. The van der Waals surface area contributed by atoms with E-state index in [4.69, 9.17) is 4.74 Å². The molecule has 18 heavy (non-hydrogen) atoms. The van der Waals surface area contributed by atoms with Crippen molar-refractivity contribution in [3.63, 3.8) is 0 Å². The molecule has 4 heteroatoms. The second-order valence-corrected chi connectivity index (χ2v) is 7.00. The standard InChI is InChI=1S/C14H24N2OS/c1-10(2)16-9-14(5-6-17-11(14)3)7-13-8-15-12(4)18-13/h8,10-11,16H,5-7,9H2,1-4H3. The Morgan fingerprint density at radius 1 is 1.61 bits per heavy atom. The Bertz CT molecular complexity index is 391. The molecule has 0 amide bonds. The maximum Gasteiger partial charge on any atom is 0.0896 e. The highest BCUT2D eigenvalue weighted by atomic mass is 32.1. The highest BCUT2D eigenvalue weighted by Gasteiger charge is 2.41. The number of nitrogens with zero attached hydrogens (tertiary/aromatic N) is 1. The van der Waals surface area contributed by atoms with Gasteiger partial charge in [-0.15, -0.1) is 11.3 Å². The van der Waals surface area contributed by atoms with Crippen LogP contribution in [0.15, 0.2) is 6.20 Å². The van der Waals surface area contributed by atoms with Crippen LogP contribution < -0.4 is 5.32 Å². The fourth-order valence-corrected chi connectivity index (χ4v) is 3.54. The van der Waals surface area contributed by atoms with Crippen LogP contribution in [0, 0.1) is 12.3 Å². The van der Waals surface area contributed by atoms with E-state index in [1.807, 2.05) is 17.5 Å². The highest BCUT2D eigenvalue weighted by molar-refractivity contribution is 7.11. The summed E-state index contributed by atoms with van der Waals surface area (Å²) < 4.78 is 5.82. The van der Waals surface area contributed by atoms with Crippen LogP contribution >= 0.6 is 11.3 Å². The van der Waals surface area contributed by atoms with E-state index < -0.39 is 0 Å². The fourth-order valence-electron chi connectivity index (χ4n) is 2.59. The molecule has 0 saturated carbocycles. The van der Waals surface area contributed by atoms with Gasteiger partial charge in [-0.1, -0.05) is 13.8 Å². The minimum absolute atomic E-state index is 0.239. The van der Waals surface area contributed by atoms with Crippen molar-refractivity contribution in [3.05, 3.63) is 16.1 Å². The number of hydrogen-bond donors (Lipinski definition) is 1. The van der Waals surface area contributed by atoms with Crippen LogP contribution in [-0.2, 0) is 11.2 Å². The summed E-state index contributed by atoms with van der Waals surface area (Å²) in [5, 5.41) is 4.75. The van der Waals surface area contributed by atoms with Crippen molar-refractivity contribution in [2.75, 3.05) is 13.2 Å². The number of hydrogen-bond acceptors (Lipinski definition) is 4. The molecule has 0 spiro atoms. The van der Waals surface area contributed by atoms with E-state index in [0.29, 0.717) is 12.1 Å². The average molecular weight is 268 g/mol. The van der Waals surface area contributed by atoms with E-state index in [1.165, 1.54) is 4.88 Å². The fraction of sp³-hybridized carbons (Fsp3) is 0.786. The van der Waals surface area contributed by atoms with Gasteiger partial charge in [0.2, 0.25) is 0 Å². The van der Waals surface area contributed by atoms with Crippen molar-refractivity contribution in [3.8, 4) is 0 Å². The summed E-state index contributed by atoms with van der Waals surface area (Å²) in [6, 6.07) is 0.526. The molecule has 1 aromatic heterocycles. The largest absolute Gasteiger partial charge is 0.378 e. The molecule has 0 bridgehead atoms. The van der Waals surface area contributed by atoms with E-state index >= 15 is 0 Å². The van der Waals surface area contributed by atoms with Gasteiger partial charge in [-0.2, -0.15) is 0 Å². The van der Waals surface area contributed by atoms with Crippen molar-refractivity contribution in [2.24, 2.45) is 5.41 Å². The molecule has 1 aliphatic rings. The molecule has 2 rings (SSSR count). The van der Waals surface area contributed by atoms with Gasteiger partial charge in [0.15, 0.2) is 0 Å². The molecule has 3 nitrogen and oxygen atoms in total. The summed E-state index contributed by atoms with van der Waals surface area (Å²) in [5.74, 6) is 0. The minimum Gasteiger partial charge on any atom is -0.378 e. The molecule has 1 saturated heterocycles. The van der Waals surface area contributed by atoms with E-state index in [0.717, 1.165) is 31.0 Å². The van der Waals surface area contributed by atoms with Crippen molar-refractivity contribution >= 4 is 11.3 Å².